The van der Waals surface area contributed by atoms with E-state index in [1.165, 1.54) is 27.9 Å². The lowest BCUT2D eigenvalue weighted by Crippen LogP contribution is -2.16. The molecule has 0 aromatic heterocycles. The summed E-state index contributed by atoms with van der Waals surface area (Å²) in [7, 11) is 0. The van der Waals surface area contributed by atoms with E-state index < -0.39 is 0 Å². The van der Waals surface area contributed by atoms with E-state index in [2.05, 4.69) is 88.1 Å². The molecule has 1 aromatic rings. The fourth-order valence-corrected chi connectivity index (χ4v) is 3.90. The zero-order valence-corrected chi connectivity index (χ0v) is 13.8. The quantitative estimate of drug-likeness (QED) is 0.629. The van der Waals surface area contributed by atoms with E-state index in [1.807, 2.05) is 0 Å². The molecular weight excluding hydrogens is 264 g/mol. The van der Waals surface area contributed by atoms with Gasteiger partial charge in [-0.1, -0.05) is 86.7 Å². The van der Waals surface area contributed by atoms with Crippen molar-refractivity contribution in [3.05, 3.63) is 89.6 Å². The summed E-state index contributed by atoms with van der Waals surface area (Å²) in [6.45, 7) is 10.8. The molecule has 0 fully saturated rings. The standard InChI is InChI=1S/C22H24/c1-5-10-18-19-14-13-17(16-11-8-7-9-12-16)15-21(19)22(3,4)20(18)6-2/h5-13,15,19H,2,14H2,1,3-4H3/b10-5-. The van der Waals surface area contributed by atoms with Crippen LogP contribution in [0.15, 0.2) is 84.0 Å². The lowest BCUT2D eigenvalue weighted by Gasteiger charge is -2.28. The lowest BCUT2D eigenvalue weighted by atomic mass is 9.75. The summed E-state index contributed by atoms with van der Waals surface area (Å²) < 4.78 is 0. The van der Waals surface area contributed by atoms with Crippen molar-refractivity contribution in [1.29, 1.82) is 0 Å². The Morgan fingerprint density at radius 2 is 1.91 bits per heavy atom. The molecule has 0 radical (unpaired) electrons. The second-order valence-corrected chi connectivity index (χ2v) is 6.61. The van der Waals surface area contributed by atoms with Crippen LogP contribution in [-0.4, -0.2) is 0 Å². The van der Waals surface area contributed by atoms with Crippen LogP contribution in [0.3, 0.4) is 0 Å². The molecule has 22 heavy (non-hydrogen) atoms. The fraction of sp³-hybridized carbons (Fsp3) is 0.273. The number of benzene rings is 1. The predicted octanol–water partition coefficient (Wildman–Crippen LogP) is 6.11. The third-order valence-electron chi connectivity index (χ3n) is 5.00. The molecule has 1 aromatic carbocycles. The Balaban J connectivity index is 2.07. The lowest BCUT2D eigenvalue weighted by molar-refractivity contribution is 0.530. The first-order chi connectivity index (χ1) is 10.6. The Hall–Kier alpha value is -2.08. The van der Waals surface area contributed by atoms with Crippen LogP contribution >= 0.6 is 0 Å². The van der Waals surface area contributed by atoms with Crippen molar-refractivity contribution in [2.45, 2.75) is 27.2 Å². The minimum absolute atomic E-state index is 0.0650. The highest BCUT2D eigenvalue weighted by molar-refractivity contribution is 5.78. The molecule has 1 unspecified atom stereocenters. The van der Waals surface area contributed by atoms with E-state index in [1.54, 1.807) is 0 Å². The third-order valence-corrected chi connectivity index (χ3v) is 5.00. The van der Waals surface area contributed by atoms with Crippen molar-refractivity contribution >= 4 is 5.57 Å². The molecular formula is C22H24. The highest BCUT2D eigenvalue weighted by atomic mass is 14.5. The average Bonchev–Trinajstić information content (AvgIpc) is 2.75. The van der Waals surface area contributed by atoms with Gasteiger partial charge in [-0.05, 0) is 35.6 Å². The van der Waals surface area contributed by atoms with Gasteiger partial charge in [-0.3, -0.25) is 0 Å². The highest BCUT2D eigenvalue weighted by Crippen LogP contribution is 2.54. The summed E-state index contributed by atoms with van der Waals surface area (Å²) >= 11 is 0. The van der Waals surface area contributed by atoms with E-state index in [4.69, 9.17) is 0 Å². The van der Waals surface area contributed by atoms with Crippen molar-refractivity contribution < 1.29 is 0 Å². The maximum Gasteiger partial charge on any atom is 0.0117 e. The molecule has 2 aliphatic carbocycles. The second kappa shape index (κ2) is 5.61. The van der Waals surface area contributed by atoms with E-state index >= 15 is 0 Å². The molecule has 0 bridgehead atoms. The van der Waals surface area contributed by atoms with E-state index in [9.17, 15) is 0 Å². The molecule has 2 aliphatic rings. The minimum Gasteiger partial charge on any atom is -0.0987 e. The molecule has 0 spiro atoms. The van der Waals surface area contributed by atoms with E-state index in [0.717, 1.165) is 6.42 Å². The van der Waals surface area contributed by atoms with Gasteiger partial charge in [0.25, 0.3) is 0 Å². The maximum atomic E-state index is 4.07. The number of hydrogen-bond acceptors (Lipinski definition) is 0. The molecule has 1 atom stereocenters. The Morgan fingerprint density at radius 3 is 2.55 bits per heavy atom. The SMILES string of the molecule is C=CC1=C(/C=C\C)C2CC=C(c3ccccc3)C=C2C1(C)C. The predicted molar refractivity (Wildman–Crippen MR) is 96.4 cm³/mol. The van der Waals surface area contributed by atoms with Crippen LogP contribution < -0.4 is 0 Å². The van der Waals surface area contributed by atoms with Gasteiger partial charge in [-0.2, -0.15) is 0 Å². The van der Waals surface area contributed by atoms with Gasteiger partial charge in [0.1, 0.15) is 0 Å². The van der Waals surface area contributed by atoms with Crippen molar-refractivity contribution in [1.82, 2.24) is 0 Å². The van der Waals surface area contributed by atoms with E-state index in [-0.39, 0.29) is 5.41 Å². The van der Waals surface area contributed by atoms with Gasteiger partial charge in [0.05, 0.1) is 0 Å². The molecule has 112 valence electrons. The van der Waals surface area contributed by atoms with Gasteiger partial charge in [-0.15, -0.1) is 0 Å². The topological polar surface area (TPSA) is 0 Å². The zero-order chi connectivity index (χ0) is 15.7. The molecule has 3 rings (SSSR count). The van der Waals surface area contributed by atoms with Crippen molar-refractivity contribution in [2.75, 3.05) is 0 Å². The van der Waals surface area contributed by atoms with Crippen LogP contribution in [0.25, 0.3) is 5.57 Å². The van der Waals surface area contributed by atoms with Crippen LogP contribution in [-0.2, 0) is 0 Å². The van der Waals surface area contributed by atoms with Crippen molar-refractivity contribution in [3.8, 4) is 0 Å². The highest BCUT2D eigenvalue weighted by Gasteiger charge is 2.42. The second-order valence-electron chi connectivity index (χ2n) is 6.61. The first-order valence-corrected chi connectivity index (χ1v) is 8.07. The van der Waals surface area contributed by atoms with Gasteiger partial charge < -0.3 is 0 Å². The first kappa shape index (κ1) is 14.8. The number of fused-ring (bicyclic) bond motifs is 1. The fourth-order valence-electron chi connectivity index (χ4n) is 3.90. The normalized spacial score (nSPS) is 23.3. The maximum absolute atomic E-state index is 4.07. The molecule has 0 nitrogen and oxygen atoms in total. The Kier molecular flexibility index (Phi) is 3.78. The summed E-state index contributed by atoms with van der Waals surface area (Å²) in [4.78, 5) is 0. The van der Waals surface area contributed by atoms with Crippen molar-refractivity contribution in [3.63, 3.8) is 0 Å². The van der Waals surface area contributed by atoms with Gasteiger partial charge in [-0.25, -0.2) is 0 Å². The van der Waals surface area contributed by atoms with Gasteiger partial charge >= 0.3 is 0 Å². The number of allylic oxidation sites excluding steroid dienone is 9. The van der Waals surface area contributed by atoms with Crippen LogP contribution in [0.5, 0.6) is 0 Å². The third kappa shape index (κ3) is 2.23. The van der Waals surface area contributed by atoms with Gasteiger partial charge in [0, 0.05) is 11.3 Å². The molecule has 0 saturated heterocycles. The Bertz CT molecular complexity index is 706. The van der Waals surface area contributed by atoms with Crippen LogP contribution in [0, 0.1) is 11.3 Å². The van der Waals surface area contributed by atoms with E-state index in [0.29, 0.717) is 5.92 Å². The summed E-state index contributed by atoms with van der Waals surface area (Å²) in [6.07, 6.45) is 12.3. The van der Waals surface area contributed by atoms with Gasteiger partial charge in [0.15, 0.2) is 0 Å². The largest absolute Gasteiger partial charge is 0.0987 e. The molecule has 0 saturated carbocycles. The summed E-state index contributed by atoms with van der Waals surface area (Å²) in [5, 5.41) is 0. The summed E-state index contributed by atoms with van der Waals surface area (Å²) in [6, 6.07) is 10.7. The molecule has 0 N–H and O–H groups in total. The Morgan fingerprint density at radius 1 is 1.18 bits per heavy atom. The monoisotopic (exact) mass is 288 g/mol. The van der Waals surface area contributed by atoms with Crippen LogP contribution in [0.1, 0.15) is 32.8 Å². The zero-order valence-electron chi connectivity index (χ0n) is 13.8. The molecule has 0 heterocycles. The summed E-state index contributed by atoms with van der Waals surface area (Å²) in [5.41, 5.74) is 7.07. The number of rotatable bonds is 3. The van der Waals surface area contributed by atoms with Crippen LogP contribution in [0.2, 0.25) is 0 Å². The first-order valence-electron chi connectivity index (χ1n) is 8.07. The van der Waals surface area contributed by atoms with Crippen LogP contribution in [0.4, 0.5) is 0 Å². The summed E-state index contributed by atoms with van der Waals surface area (Å²) in [5.74, 6) is 0.506. The van der Waals surface area contributed by atoms with Gasteiger partial charge in [0.2, 0.25) is 0 Å². The Labute approximate surface area is 134 Å². The minimum atomic E-state index is 0.0650. The average molecular weight is 288 g/mol. The number of hydrogen-bond donors (Lipinski definition) is 0. The van der Waals surface area contributed by atoms with Crippen molar-refractivity contribution in [2.24, 2.45) is 11.3 Å². The molecule has 0 amide bonds. The smallest absolute Gasteiger partial charge is 0.0117 e. The molecule has 0 heteroatoms. The molecule has 0 aliphatic heterocycles.